The van der Waals surface area contributed by atoms with E-state index in [4.69, 9.17) is 11.6 Å². The lowest BCUT2D eigenvalue weighted by molar-refractivity contribution is -0.134. The molecule has 0 fully saturated rings. The highest BCUT2D eigenvalue weighted by molar-refractivity contribution is 9.10. The average molecular weight is 511 g/mol. The number of hydrogen-bond donors (Lipinski definition) is 1. The van der Waals surface area contributed by atoms with Gasteiger partial charge in [-0.2, -0.15) is 5.10 Å². The molecular formula is C25H21BrClN3O2. The van der Waals surface area contributed by atoms with Crippen LogP contribution in [0.2, 0.25) is 5.02 Å². The zero-order valence-corrected chi connectivity index (χ0v) is 19.5. The Bertz CT molecular complexity index is 1130. The summed E-state index contributed by atoms with van der Waals surface area (Å²) in [6.45, 7) is 0. The molecule has 0 aliphatic carbocycles. The molecule has 5 nitrogen and oxygen atoms in total. The maximum Gasteiger partial charge on any atom is 0.243 e. The van der Waals surface area contributed by atoms with Crippen LogP contribution in [0.4, 0.5) is 5.69 Å². The van der Waals surface area contributed by atoms with E-state index in [2.05, 4.69) is 26.3 Å². The van der Waals surface area contributed by atoms with Gasteiger partial charge in [0.05, 0.1) is 11.8 Å². The molecular weight excluding hydrogens is 490 g/mol. The van der Waals surface area contributed by atoms with Crippen LogP contribution in [0.1, 0.15) is 36.4 Å². The third-order valence-corrected chi connectivity index (χ3v) is 6.00. The number of carbonyl (C=O) groups is 2. The minimum absolute atomic E-state index is 0.0693. The third kappa shape index (κ3) is 5.44. The molecule has 4 rings (SSSR count). The molecule has 0 saturated heterocycles. The quantitative estimate of drug-likeness (QED) is 0.429. The summed E-state index contributed by atoms with van der Waals surface area (Å²) in [5.41, 5.74) is 3.49. The molecule has 162 valence electrons. The van der Waals surface area contributed by atoms with Crippen LogP contribution in [-0.4, -0.2) is 22.5 Å². The van der Waals surface area contributed by atoms with Crippen molar-refractivity contribution in [3.8, 4) is 0 Å². The SMILES string of the molecule is O=C(CCC(=O)N1N=C(c2ccc(Br)cc2)C[C@@H]1c1ccccc1)Nc1ccc(Cl)cc1. The molecule has 1 N–H and O–H groups in total. The minimum Gasteiger partial charge on any atom is -0.326 e. The summed E-state index contributed by atoms with van der Waals surface area (Å²) in [4.78, 5) is 25.4. The fraction of sp³-hybridized carbons (Fsp3) is 0.160. The molecule has 3 aromatic rings. The number of hydrazone groups is 1. The molecule has 7 heteroatoms. The smallest absolute Gasteiger partial charge is 0.243 e. The van der Waals surface area contributed by atoms with Crippen molar-refractivity contribution in [1.82, 2.24) is 5.01 Å². The Morgan fingerprint density at radius 1 is 0.969 bits per heavy atom. The van der Waals surface area contributed by atoms with Crippen molar-refractivity contribution in [2.75, 3.05) is 5.32 Å². The zero-order valence-electron chi connectivity index (χ0n) is 17.2. The predicted molar refractivity (Wildman–Crippen MR) is 131 cm³/mol. The van der Waals surface area contributed by atoms with Gasteiger partial charge >= 0.3 is 0 Å². The fourth-order valence-electron chi connectivity index (χ4n) is 3.58. The van der Waals surface area contributed by atoms with Gasteiger partial charge in [0, 0.05) is 34.4 Å². The average Bonchev–Trinajstić information content (AvgIpc) is 3.26. The highest BCUT2D eigenvalue weighted by atomic mass is 79.9. The molecule has 1 aliphatic heterocycles. The number of rotatable bonds is 6. The second-order valence-corrected chi connectivity index (χ2v) is 8.83. The van der Waals surface area contributed by atoms with Gasteiger partial charge in [0.25, 0.3) is 0 Å². The van der Waals surface area contributed by atoms with Crippen molar-refractivity contribution in [1.29, 1.82) is 0 Å². The molecule has 0 aromatic heterocycles. The van der Waals surface area contributed by atoms with Gasteiger partial charge < -0.3 is 5.32 Å². The fourth-order valence-corrected chi connectivity index (χ4v) is 3.97. The molecule has 0 bridgehead atoms. The van der Waals surface area contributed by atoms with Crippen LogP contribution in [0.25, 0.3) is 0 Å². The number of nitrogens with one attached hydrogen (secondary N) is 1. The largest absolute Gasteiger partial charge is 0.326 e. The number of halogens is 2. The number of carbonyl (C=O) groups excluding carboxylic acids is 2. The summed E-state index contributed by atoms with van der Waals surface area (Å²) >= 11 is 9.32. The van der Waals surface area contributed by atoms with Crippen LogP contribution in [0.15, 0.2) is 88.4 Å². The summed E-state index contributed by atoms with van der Waals surface area (Å²) in [5, 5.41) is 9.57. The Kier molecular flexibility index (Phi) is 7.02. The van der Waals surface area contributed by atoms with Crippen molar-refractivity contribution in [2.45, 2.75) is 25.3 Å². The van der Waals surface area contributed by atoms with E-state index < -0.39 is 0 Å². The van der Waals surface area contributed by atoms with E-state index in [1.165, 1.54) is 5.01 Å². The van der Waals surface area contributed by atoms with E-state index in [0.29, 0.717) is 17.1 Å². The molecule has 0 unspecified atom stereocenters. The van der Waals surface area contributed by atoms with Gasteiger partial charge in [0.15, 0.2) is 0 Å². The van der Waals surface area contributed by atoms with Crippen molar-refractivity contribution in [3.05, 3.63) is 99.5 Å². The molecule has 1 heterocycles. The van der Waals surface area contributed by atoms with Crippen LogP contribution in [0, 0.1) is 0 Å². The van der Waals surface area contributed by atoms with E-state index in [1.54, 1.807) is 24.3 Å². The molecule has 32 heavy (non-hydrogen) atoms. The van der Waals surface area contributed by atoms with Gasteiger partial charge in [-0.15, -0.1) is 0 Å². The van der Waals surface area contributed by atoms with Gasteiger partial charge in [0.1, 0.15) is 0 Å². The number of benzene rings is 3. The Labute approximate surface area is 200 Å². The Morgan fingerprint density at radius 3 is 2.34 bits per heavy atom. The first-order chi connectivity index (χ1) is 15.5. The predicted octanol–water partition coefficient (Wildman–Crippen LogP) is 6.20. The lowest BCUT2D eigenvalue weighted by Gasteiger charge is -2.22. The summed E-state index contributed by atoms with van der Waals surface area (Å²) in [6, 6.07) is 24.4. The Balaban J connectivity index is 1.47. The summed E-state index contributed by atoms with van der Waals surface area (Å²) in [6.07, 6.45) is 0.761. The maximum absolute atomic E-state index is 13.1. The van der Waals surface area contributed by atoms with Crippen LogP contribution in [0.5, 0.6) is 0 Å². The van der Waals surface area contributed by atoms with Crippen LogP contribution in [-0.2, 0) is 9.59 Å². The standard InChI is InChI=1S/C25H21BrClN3O2/c26-19-8-6-17(7-9-19)22-16-23(18-4-2-1-3-5-18)30(29-22)25(32)15-14-24(31)28-21-12-10-20(27)11-13-21/h1-13,23H,14-16H2,(H,28,31)/t23-/m1/s1. The van der Waals surface area contributed by atoms with Gasteiger partial charge in [0.2, 0.25) is 11.8 Å². The molecule has 1 atom stereocenters. The third-order valence-electron chi connectivity index (χ3n) is 5.22. The minimum atomic E-state index is -0.228. The van der Waals surface area contributed by atoms with Crippen LogP contribution < -0.4 is 5.32 Å². The number of amides is 2. The van der Waals surface area contributed by atoms with Crippen LogP contribution >= 0.6 is 27.5 Å². The monoisotopic (exact) mass is 509 g/mol. The van der Waals surface area contributed by atoms with Gasteiger partial charge in [-0.3, -0.25) is 9.59 Å². The van der Waals surface area contributed by atoms with Crippen molar-refractivity contribution < 1.29 is 9.59 Å². The second kappa shape index (κ2) is 10.1. The van der Waals surface area contributed by atoms with Gasteiger partial charge in [-0.25, -0.2) is 5.01 Å². The molecule has 1 aliphatic rings. The summed E-state index contributed by atoms with van der Waals surface area (Å²) in [7, 11) is 0. The van der Waals surface area contributed by atoms with Crippen LogP contribution in [0.3, 0.4) is 0 Å². The molecule has 0 radical (unpaired) electrons. The first-order valence-electron chi connectivity index (χ1n) is 10.3. The van der Waals surface area contributed by atoms with E-state index in [9.17, 15) is 9.59 Å². The van der Waals surface area contributed by atoms with E-state index >= 15 is 0 Å². The van der Waals surface area contributed by atoms with E-state index in [0.717, 1.165) is 21.3 Å². The van der Waals surface area contributed by atoms with Gasteiger partial charge in [-0.1, -0.05) is 70.0 Å². The molecule has 0 saturated carbocycles. The maximum atomic E-state index is 13.1. The number of nitrogens with zero attached hydrogens (tertiary/aromatic N) is 2. The highest BCUT2D eigenvalue weighted by Crippen LogP contribution is 2.33. The van der Waals surface area contributed by atoms with Crippen molar-refractivity contribution in [2.24, 2.45) is 5.10 Å². The zero-order chi connectivity index (χ0) is 22.5. The topological polar surface area (TPSA) is 61.8 Å². The molecule has 0 spiro atoms. The number of anilines is 1. The number of hydrogen-bond acceptors (Lipinski definition) is 3. The van der Waals surface area contributed by atoms with E-state index in [1.807, 2.05) is 54.6 Å². The van der Waals surface area contributed by atoms with Gasteiger partial charge in [-0.05, 0) is 47.5 Å². The summed E-state index contributed by atoms with van der Waals surface area (Å²) < 4.78 is 0.985. The lowest BCUT2D eigenvalue weighted by atomic mass is 9.98. The molecule has 2 amide bonds. The summed E-state index contributed by atoms with van der Waals surface area (Å²) in [5.74, 6) is -0.412. The first kappa shape index (κ1) is 22.2. The van der Waals surface area contributed by atoms with Crippen molar-refractivity contribution >= 4 is 50.7 Å². The van der Waals surface area contributed by atoms with E-state index in [-0.39, 0.29) is 30.7 Å². The first-order valence-corrected chi connectivity index (χ1v) is 11.4. The van der Waals surface area contributed by atoms with Crippen molar-refractivity contribution in [3.63, 3.8) is 0 Å². The highest BCUT2D eigenvalue weighted by Gasteiger charge is 2.32. The Hall–Kier alpha value is -2.96. The molecule has 3 aromatic carbocycles. The normalized spacial score (nSPS) is 15.4. The second-order valence-electron chi connectivity index (χ2n) is 7.48. The Morgan fingerprint density at radius 2 is 1.66 bits per heavy atom. The lowest BCUT2D eigenvalue weighted by Crippen LogP contribution is -2.28.